The number of methoxy groups -OCH3 is 1. The number of nitro benzene ring substituents is 1. The molecule has 0 heterocycles. The molecule has 0 amide bonds. The highest BCUT2D eigenvalue weighted by Crippen LogP contribution is 2.43. The van der Waals surface area contributed by atoms with Gasteiger partial charge in [-0.05, 0) is 37.2 Å². The highest BCUT2D eigenvalue weighted by Gasteiger charge is 2.36. The van der Waals surface area contributed by atoms with Crippen LogP contribution < -0.4 is 10.6 Å². The molecule has 1 saturated carbocycles. The molecule has 0 aliphatic heterocycles. The Bertz CT molecular complexity index is 589. The molecule has 1 fully saturated rings. The number of benzene rings is 1. The van der Waals surface area contributed by atoms with Crippen molar-refractivity contribution in [2.24, 2.45) is 10.4 Å². The van der Waals surface area contributed by atoms with Gasteiger partial charge in [-0.1, -0.05) is 18.6 Å². The van der Waals surface area contributed by atoms with E-state index in [0.29, 0.717) is 12.0 Å². The topological polar surface area (TPSA) is 88.8 Å². The van der Waals surface area contributed by atoms with E-state index >= 15 is 0 Å². The number of halogens is 1. The van der Waals surface area contributed by atoms with Gasteiger partial charge >= 0.3 is 0 Å². The fourth-order valence-electron chi connectivity index (χ4n) is 3.02. The molecule has 0 spiro atoms. The van der Waals surface area contributed by atoms with Gasteiger partial charge in [0.1, 0.15) is 0 Å². The number of aliphatic imine (C=N–C) groups is 1. The first kappa shape index (κ1) is 22.6. The average molecular weight is 476 g/mol. The fraction of sp³-hybridized carbons (Fsp3) is 0.611. The molecule has 0 unspecified atom stereocenters. The van der Waals surface area contributed by atoms with E-state index in [9.17, 15) is 10.1 Å². The monoisotopic (exact) mass is 476 g/mol. The van der Waals surface area contributed by atoms with Crippen molar-refractivity contribution in [3.05, 3.63) is 39.9 Å². The smallest absolute Gasteiger partial charge is 0.269 e. The number of ether oxygens (including phenoxy) is 1. The Morgan fingerprint density at radius 3 is 2.50 bits per heavy atom. The van der Waals surface area contributed by atoms with Gasteiger partial charge in [-0.15, -0.1) is 24.0 Å². The molecule has 0 radical (unpaired) electrons. The second kappa shape index (κ2) is 11.3. The Labute approximate surface area is 172 Å². The second-order valence-electron chi connectivity index (χ2n) is 6.57. The predicted molar refractivity (Wildman–Crippen MR) is 114 cm³/mol. The summed E-state index contributed by atoms with van der Waals surface area (Å²) in [5.41, 5.74) is 1.36. The maximum atomic E-state index is 10.7. The Kier molecular flexibility index (Phi) is 9.85. The number of nitro groups is 1. The van der Waals surface area contributed by atoms with Crippen molar-refractivity contribution >= 4 is 35.6 Å². The van der Waals surface area contributed by atoms with Gasteiger partial charge < -0.3 is 15.4 Å². The lowest BCUT2D eigenvalue weighted by Crippen LogP contribution is -2.46. The maximum Gasteiger partial charge on any atom is 0.269 e. The molecule has 1 aromatic rings. The summed E-state index contributed by atoms with van der Waals surface area (Å²) in [4.78, 5) is 14.9. The van der Waals surface area contributed by atoms with E-state index in [4.69, 9.17) is 4.74 Å². The number of non-ortho nitro benzene ring substituents is 1. The van der Waals surface area contributed by atoms with Gasteiger partial charge in [0.2, 0.25) is 0 Å². The first-order valence-electron chi connectivity index (χ1n) is 8.83. The predicted octanol–water partition coefficient (Wildman–Crippen LogP) is 3.47. The fourth-order valence-corrected chi connectivity index (χ4v) is 3.02. The molecular formula is C18H29IN4O3. The van der Waals surface area contributed by atoms with Gasteiger partial charge in [-0.2, -0.15) is 0 Å². The zero-order chi connectivity index (χ0) is 18.1. The van der Waals surface area contributed by atoms with Gasteiger partial charge in [0, 0.05) is 38.9 Å². The highest BCUT2D eigenvalue weighted by atomic mass is 127. The van der Waals surface area contributed by atoms with E-state index in [1.165, 1.54) is 31.4 Å². The number of guanidine groups is 1. The molecule has 0 atom stereocenters. The van der Waals surface area contributed by atoms with Crippen LogP contribution in [0.1, 0.15) is 38.2 Å². The molecule has 2 rings (SSSR count). The molecule has 0 bridgehead atoms. The summed E-state index contributed by atoms with van der Waals surface area (Å²) in [6, 6.07) is 6.52. The van der Waals surface area contributed by atoms with Crippen molar-refractivity contribution < 1.29 is 9.66 Å². The minimum Gasteiger partial charge on any atom is -0.385 e. The Morgan fingerprint density at radius 2 is 2.00 bits per heavy atom. The van der Waals surface area contributed by atoms with Crippen LogP contribution in [-0.2, 0) is 11.3 Å². The van der Waals surface area contributed by atoms with Crippen molar-refractivity contribution in [2.45, 2.75) is 39.2 Å². The standard InChI is InChI=1S/C18H28N4O3.HI/c1-3-19-17(21-14-18(9-4-10-18)11-12-25-2)20-13-15-5-7-16(8-6-15)22(23)24;/h5-8H,3-4,9-14H2,1-2H3,(H2,19,20,21);1H. The minimum atomic E-state index is -0.392. The summed E-state index contributed by atoms with van der Waals surface area (Å²) in [7, 11) is 1.75. The molecule has 26 heavy (non-hydrogen) atoms. The average Bonchev–Trinajstić information content (AvgIpc) is 2.58. The van der Waals surface area contributed by atoms with Crippen molar-refractivity contribution in [3.63, 3.8) is 0 Å². The lowest BCUT2D eigenvalue weighted by atomic mass is 9.67. The van der Waals surface area contributed by atoms with Gasteiger partial charge in [0.25, 0.3) is 5.69 Å². The number of nitrogens with zero attached hydrogens (tertiary/aromatic N) is 2. The summed E-state index contributed by atoms with van der Waals surface area (Å²) in [6.07, 6.45) is 4.80. The molecule has 8 heteroatoms. The quantitative estimate of drug-likeness (QED) is 0.187. The van der Waals surface area contributed by atoms with Crippen molar-refractivity contribution in [1.29, 1.82) is 0 Å². The number of hydrogen-bond donors (Lipinski definition) is 2. The second-order valence-corrected chi connectivity index (χ2v) is 6.57. The first-order valence-corrected chi connectivity index (χ1v) is 8.83. The molecule has 0 saturated heterocycles. The molecule has 146 valence electrons. The van der Waals surface area contributed by atoms with Crippen molar-refractivity contribution in [3.8, 4) is 0 Å². The van der Waals surface area contributed by atoms with E-state index in [1.54, 1.807) is 19.2 Å². The normalized spacial score (nSPS) is 15.5. The minimum absolute atomic E-state index is 0. The third-order valence-electron chi connectivity index (χ3n) is 4.79. The zero-order valence-electron chi connectivity index (χ0n) is 15.5. The number of hydrogen-bond acceptors (Lipinski definition) is 4. The third kappa shape index (κ3) is 6.71. The number of rotatable bonds is 9. The maximum absolute atomic E-state index is 10.7. The van der Waals surface area contributed by atoms with Crippen LogP contribution in [0.25, 0.3) is 0 Å². The summed E-state index contributed by atoms with van der Waals surface area (Å²) in [5, 5.41) is 17.4. The Morgan fingerprint density at radius 1 is 1.31 bits per heavy atom. The van der Waals surface area contributed by atoms with Crippen LogP contribution in [-0.4, -0.2) is 37.7 Å². The molecule has 1 aliphatic rings. The molecule has 7 nitrogen and oxygen atoms in total. The Hall–Kier alpha value is -1.42. The summed E-state index contributed by atoms with van der Waals surface area (Å²) < 4.78 is 5.24. The molecule has 1 aromatic carbocycles. The van der Waals surface area contributed by atoms with Crippen LogP contribution in [0.4, 0.5) is 5.69 Å². The molecule has 1 aliphatic carbocycles. The highest BCUT2D eigenvalue weighted by molar-refractivity contribution is 14.0. The lowest BCUT2D eigenvalue weighted by molar-refractivity contribution is -0.384. The van der Waals surface area contributed by atoms with Crippen LogP contribution in [0.15, 0.2) is 29.3 Å². The van der Waals surface area contributed by atoms with Crippen LogP contribution in [0.3, 0.4) is 0 Å². The molecule has 0 aromatic heterocycles. The van der Waals surface area contributed by atoms with Gasteiger partial charge in [-0.3, -0.25) is 10.1 Å². The SMILES string of the molecule is CCNC(=NCc1ccc([N+](=O)[O-])cc1)NCC1(CCOC)CCC1.I. The largest absolute Gasteiger partial charge is 0.385 e. The van der Waals surface area contributed by atoms with E-state index < -0.39 is 4.92 Å². The van der Waals surface area contributed by atoms with Gasteiger partial charge in [0.05, 0.1) is 11.5 Å². The van der Waals surface area contributed by atoms with E-state index in [1.807, 2.05) is 6.92 Å². The van der Waals surface area contributed by atoms with Gasteiger partial charge in [-0.25, -0.2) is 4.99 Å². The van der Waals surface area contributed by atoms with Crippen LogP contribution >= 0.6 is 24.0 Å². The van der Waals surface area contributed by atoms with Crippen LogP contribution in [0, 0.1) is 15.5 Å². The van der Waals surface area contributed by atoms with Gasteiger partial charge in [0.15, 0.2) is 5.96 Å². The van der Waals surface area contributed by atoms with Crippen LogP contribution in [0.2, 0.25) is 0 Å². The van der Waals surface area contributed by atoms with E-state index in [2.05, 4.69) is 15.6 Å². The van der Waals surface area contributed by atoms with E-state index in [0.717, 1.165) is 37.6 Å². The summed E-state index contributed by atoms with van der Waals surface area (Å²) in [6.45, 7) is 4.99. The number of nitrogens with one attached hydrogen (secondary N) is 2. The zero-order valence-corrected chi connectivity index (χ0v) is 17.8. The lowest BCUT2D eigenvalue weighted by Gasteiger charge is -2.42. The summed E-state index contributed by atoms with van der Waals surface area (Å²) in [5.74, 6) is 0.782. The Balaban J connectivity index is 0.00000338. The van der Waals surface area contributed by atoms with Crippen molar-refractivity contribution in [2.75, 3.05) is 26.8 Å². The molecular weight excluding hydrogens is 447 g/mol. The molecule has 2 N–H and O–H groups in total. The third-order valence-corrected chi connectivity index (χ3v) is 4.79. The van der Waals surface area contributed by atoms with Crippen molar-refractivity contribution in [1.82, 2.24) is 10.6 Å². The summed E-state index contributed by atoms with van der Waals surface area (Å²) >= 11 is 0. The van der Waals surface area contributed by atoms with Crippen LogP contribution in [0.5, 0.6) is 0 Å². The first-order chi connectivity index (χ1) is 12.1. The van der Waals surface area contributed by atoms with E-state index in [-0.39, 0.29) is 29.7 Å².